The van der Waals surface area contributed by atoms with Gasteiger partial charge >= 0.3 is 0 Å². The van der Waals surface area contributed by atoms with E-state index in [1.165, 1.54) is 0 Å². The lowest BCUT2D eigenvalue weighted by Crippen LogP contribution is -1.81. The summed E-state index contributed by atoms with van der Waals surface area (Å²) in [5.41, 5.74) is 0. The Bertz CT molecular complexity index is 207. The second-order valence-electron chi connectivity index (χ2n) is 1.11. The molecule has 8 heavy (non-hydrogen) atoms. The molecular weight excluding hydrogens is 215 g/mol. The fraction of sp³-hybridized carbons (Fsp3) is 0. The molecule has 0 saturated heterocycles. The van der Waals surface area contributed by atoms with Gasteiger partial charge in [-0.2, -0.15) is 5.26 Å². The van der Waals surface area contributed by atoms with Crippen molar-refractivity contribution in [2.45, 2.75) is 0 Å². The summed E-state index contributed by atoms with van der Waals surface area (Å²) in [5, 5.41) is 8.28. The number of aliphatic imine (C=N–C) groups is 1. The van der Waals surface area contributed by atoms with E-state index >= 15 is 0 Å². The molecule has 2 nitrogen and oxygen atoms in total. The van der Waals surface area contributed by atoms with Gasteiger partial charge in [0.2, 0.25) is 0 Å². The van der Waals surface area contributed by atoms with E-state index in [9.17, 15) is 0 Å². The minimum Gasteiger partial charge on any atom is -0.240 e. The molecule has 3 heteroatoms. The third-order valence-corrected chi connectivity index (χ3v) is 2.49. The minimum atomic E-state index is -0.174. The Morgan fingerprint density at radius 2 is 2.62 bits per heavy atom. The molecular formula is C5H3IN2. The van der Waals surface area contributed by atoms with Crippen molar-refractivity contribution in [1.29, 1.82) is 5.26 Å². The maximum atomic E-state index is 8.28. The predicted octanol–water partition coefficient (Wildman–Crippen LogP) is 1.21. The maximum Gasteiger partial charge on any atom is 0.172 e. The average molecular weight is 218 g/mol. The first-order valence-corrected chi connectivity index (χ1v) is 4.35. The molecule has 0 aromatic heterocycles. The van der Waals surface area contributed by atoms with Crippen molar-refractivity contribution in [2.24, 2.45) is 4.99 Å². The SMILES string of the molecule is N#CC1=NC=CC=I1. The quantitative estimate of drug-likeness (QED) is 0.563. The highest BCUT2D eigenvalue weighted by Gasteiger charge is 1.88. The molecule has 1 heterocycles. The smallest absolute Gasteiger partial charge is 0.172 e. The van der Waals surface area contributed by atoms with Crippen LogP contribution in [0, 0.1) is 11.3 Å². The lowest BCUT2D eigenvalue weighted by molar-refractivity contribution is 1.54. The molecule has 0 fully saturated rings. The van der Waals surface area contributed by atoms with Gasteiger partial charge in [-0.1, -0.05) is 20.7 Å². The van der Waals surface area contributed by atoms with E-state index < -0.39 is 0 Å². The van der Waals surface area contributed by atoms with Gasteiger partial charge in [0.1, 0.15) is 6.07 Å². The summed E-state index contributed by atoms with van der Waals surface area (Å²) in [6, 6.07) is 2.02. The number of halogens is 1. The summed E-state index contributed by atoms with van der Waals surface area (Å²) in [4.78, 5) is 3.84. The van der Waals surface area contributed by atoms with Gasteiger partial charge in [0.05, 0.1) is 0 Å². The second kappa shape index (κ2) is 2.72. The molecule has 0 aromatic rings. The first kappa shape index (κ1) is 5.63. The van der Waals surface area contributed by atoms with E-state index in [0.717, 1.165) is 0 Å². The third kappa shape index (κ3) is 1.23. The molecule has 0 spiro atoms. The molecule has 1 aliphatic heterocycles. The topological polar surface area (TPSA) is 36.1 Å². The molecule has 0 atom stereocenters. The monoisotopic (exact) mass is 218 g/mol. The number of hydrogen-bond acceptors (Lipinski definition) is 2. The van der Waals surface area contributed by atoms with Crippen LogP contribution < -0.4 is 0 Å². The Kier molecular flexibility index (Phi) is 1.92. The molecule has 0 N–H and O–H groups in total. The van der Waals surface area contributed by atoms with Crippen LogP contribution in [0.3, 0.4) is 0 Å². The van der Waals surface area contributed by atoms with Gasteiger partial charge in [0, 0.05) is 6.20 Å². The Labute approximate surface area is 57.3 Å². The zero-order valence-electron chi connectivity index (χ0n) is 4.00. The van der Waals surface area contributed by atoms with E-state index in [1.807, 2.05) is 16.2 Å². The molecule has 0 amide bonds. The molecule has 0 unspecified atom stereocenters. The van der Waals surface area contributed by atoms with Crippen molar-refractivity contribution in [3.05, 3.63) is 12.3 Å². The zero-order chi connectivity index (χ0) is 5.82. The van der Waals surface area contributed by atoms with Crippen LogP contribution in [-0.4, -0.2) is 7.73 Å². The fourth-order valence-corrected chi connectivity index (χ4v) is 1.51. The van der Waals surface area contributed by atoms with Crippen LogP contribution in [0.25, 0.3) is 0 Å². The van der Waals surface area contributed by atoms with Gasteiger partial charge in [-0.05, 0) is 10.1 Å². The molecule has 1 aliphatic rings. The van der Waals surface area contributed by atoms with Crippen LogP contribution in [0.1, 0.15) is 0 Å². The number of nitrogens with zero attached hydrogens (tertiary/aromatic N) is 2. The van der Waals surface area contributed by atoms with Crippen molar-refractivity contribution >= 4 is 28.5 Å². The fourth-order valence-electron chi connectivity index (χ4n) is 0.318. The van der Waals surface area contributed by atoms with Crippen molar-refractivity contribution in [1.82, 2.24) is 0 Å². The molecule has 0 radical (unpaired) electrons. The van der Waals surface area contributed by atoms with Crippen molar-refractivity contribution in [3.63, 3.8) is 0 Å². The summed E-state index contributed by atoms with van der Waals surface area (Å²) in [6.07, 6.45) is 3.54. The maximum absolute atomic E-state index is 8.28. The van der Waals surface area contributed by atoms with Crippen LogP contribution in [0.15, 0.2) is 17.3 Å². The third-order valence-electron chi connectivity index (χ3n) is 0.605. The molecule has 0 saturated carbocycles. The Morgan fingerprint density at radius 1 is 1.75 bits per heavy atom. The highest BCUT2D eigenvalue weighted by Crippen LogP contribution is 2.03. The van der Waals surface area contributed by atoms with Gasteiger partial charge in [0.25, 0.3) is 0 Å². The van der Waals surface area contributed by atoms with E-state index in [0.29, 0.717) is 3.72 Å². The summed E-state index contributed by atoms with van der Waals surface area (Å²) in [6.45, 7) is 0. The van der Waals surface area contributed by atoms with Crippen LogP contribution in [0.4, 0.5) is 0 Å². The van der Waals surface area contributed by atoms with Crippen molar-refractivity contribution in [2.75, 3.05) is 0 Å². The zero-order valence-corrected chi connectivity index (χ0v) is 6.16. The van der Waals surface area contributed by atoms with Crippen LogP contribution in [0.2, 0.25) is 0 Å². The Morgan fingerprint density at radius 3 is 3.00 bits per heavy atom. The largest absolute Gasteiger partial charge is 0.240 e. The van der Waals surface area contributed by atoms with Gasteiger partial charge in [0.15, 0.2) is 3.72 Å². The first-order chi connectivity index (χ1) is 3.93. The van der Waals surface area contributed by atoms with Crippen molar-refractivity contribution < 1.29 is 0 Å². The van der Waals surface area contributed by atoms with Gasteiger partial charge in [-0.25, -0.2) is 4.99 Å². The normalized spacial score (nSPS) is 16.1. The summed E-state index contributed by atoms with van der Waals surface area (Å²) < 4.78 is 2.72. The van der Waals surface area contributed by atoms with Crippen LogP contribution in [0.5, 0.6) is 0 Å². The lowest BCUT2D eigenvalue weighted by atomic mass is 10.7. The summed E-state index contributed by atoms with van der Waals surface area (Å²) in [5.74, 6) is 0. The van der Waals surface area contributed by atoms with Gasteiger partial charge < -0.3 is 0 Å². The summed E-state index contributed by atoms with van der Waals surface area (Å²) >= 11 is -0.174. The summed E-state index contributed by atoms with van der Waals surface area (Å²) in [7, 11) is 0. The van der Waals surface area contributed by atoms with Gasteiger partial charge in [-0.15, -0.1) is 0 Å². The predicted molar refractivity (Wildman–Crippen MR) is 42.3 cm³/mol. The number of rotatable bonds is 0. The minimum absolute atomic E-state index is 0.174. The molecule has 0 aromatic carbocycles. The van der Waals surface area contributed by atoms with Gasteiger partial charge in [-0.3, -0.25) is 0 Å². The standard InChI is InChI=1S/C5H3IN2/c7-4-5-6-2-1-3-8-5/h1-3H. The molecule has 0 aliphatic carbocycles. The number of allylic oxidation sites excluding steroid dienone is 1. The van der Waals surface area contributed by atoms with E-state index in [2.05, 4.69) is 4.99 Å². The average Bonchev–Trinajstić information content (AvgIpc) is 1.90. The first-order valence-electron chi connectivity index (χ1n) is 2.03. The molecule has 1 rings (SSSR count). The number of nitriles is 1. The second-order valence-corrected chi connectivity index (χ2v) is 3.47. The van der Waals surface area contributed by atoms with E-state index in [-0.39, 0.29) is 20.7 Å². The number of hydrogen-bond donors (Lipinski definition) is 0. The lowest BCUT2D eigenvalue weighted by Gasteiger charge is -1.85. The highest BCUT2D eigenvalue weighted by molar-refractivity contribution is 14.2. The Balaban J connectivity index is 2.88. The molecule has 0 bridgehead atoms. The van der Waals surface area contributed by atoms with E-state index in [1.54, 1.807) is 6.20 Å². The van der Waals surface area contributed by atoms with E-state index in [4.69, 9.17) is 5.26 Å². The van der Waals surface area contributed by atoms with Crippen LogP contribution >= 0.6 is 20.7 Å². The Hall–Kier alpha value is -0.500. The molecule has 40 valence electrons. The van der Waals surface area contributed by atoms with Crippen LogP contribution in [-0.2, 0) is 0 Å². The highest BCUT2D eigenvalue weighted by atomic mass is 127. The van der Waals surface area contributed by atoms with Crippen molar-refractivity contribution in [3.8, 4) is 6.07 Å².